The van der Waals surface area contributed by atoms with Crippen LogP contribution < -0.4 is 5.32 Å². The summed E-state index contributed by atoms with van der Waals surface area (Å²) in [5.74, 6) is 0.684. The first-order valence-electron chi connectivity index (χ1n) is 7.50. The van der Waals surface area contributed by atoms with Crippen LogP contribution in [0, 0.1) is 11.3 Å². The van der Waals surface area contributed by atoms with E-state index in [1.165, 1.54) is 12.8 Å². The predicted molar refractivity (Wildman–Crippen MR) is 81.6 cm³/mol. The van der Waals surface area contributed by atoms with Crippen molar-refractivity contribution >= 4 is 18.3 Å². The Kier molecular flexibility index (Phi) is 6.13. The number of likely N-dealkylation sites (tertiary alicyclic amines) is 1. The predicted octanol–water partition coefficient (Wildman–Crippen LogP) is 2.84. The summed E-state index contributed by atoms with van der Waals surface area (Å²) >= 11 is 0. The molecule has 1 N–H and O–H groups in total. The molecule has 0 aromatic heterocycles. The Bertz CT molecular complexity index is 307. The van der Waals surface area contributed by atoms with Crippen molar-refractivity contribution in [3.8, 4) is 0 Å². The number of nitrogens with zero attached hydrogens (tertiary/aromatic N) is 1. The second-order valence-corrected chi connectivity index (χ2v) is 6.92. The van der Waals surface area contributed by atoms with Gasteiger partial charge in [0.25, 0.3) is 0 Å². The summed E-state index contributed by atoms with van der Waals surface area (Å²) in [4.78, 5) is 14.7. The number of carbonyl (C=O) groups is 1. The van der Waals surface area contributed by atoms with Crippen molar-refractivity contribution in [1.82, 2.24) is 10.2 Å². The molecule has 0 aliphatic carbocycles. The molecule has 2 fully saturated rings. The van der Waals surface area contributed by atoms with Gasteiger partial charge >= 0.3 is 0 Å². The number of carbonyl (C=O) groups excluding carboxylic acids is 1. The monoisotopic (exact) mass is 288 g/mol. The highest BCUT2D eigenvalue weighted by molar-refractivity contribution is 5.85. The Morgan fingerprint density at radius 1 is 1.26 bits per heavy atom. The molecule has 112 valence electrons. The summed E-state index contributed by atoms with van der Waals surface area (Å²) in [6, 6.07) is 0.496. The van der Waals surface area contributed by atoms with E-state index in [0.717, 1.165) is 38.9 Å². The van der Waals surface area contributed by atoms with Gasteiger partial charge in [0.15, 0.2) is 0 Å². The molecule has 2 atom stereocenters. The summed E-state index contributed by atoms with van der Waals surface area (Å²) in [5.41, 5.74) is 0.413. The van der Waals surface area contributed by atoms with Gasteiger partial charge in [0.1, 0.15) is 0 Å². The zero-order chi connectivity index (χ0) is 13.2. The van der Waals surface area contributed by atoms with Gasteiger partial charge in [0.05, 0.1) is 0 Å². The van der Waals surface area contributed by atoms with Crippen LogP contribution in [0.3, 0.4) is 0 Å². The van der Waals surface area contributed by atoms with Crippen LogP contribution in [0.15, 0.2) is 0 Å². The third-order valence-electron chi connectivity index (χ3n) is 4.62. The molecule has 2 aliphatic rings. The summed E-state index contributed by atoms with van der Waals surface area (Å²) in [6.45, 7) is 9.77. The van der Waals surface area contributed by atoms with Crippen molar-refractivity contribution in [3.05, 3.63) is 0 Å². The minimum absolute atomic E-state index is 0. The highest BCUT2D eigenvalue weighted by atomic mass is 35.5. The fourth-order valence-corrected chi connectivity index (χ4v) is 3.26. The molecule has 0 radical (unpaired) electrons. The van der Waals surface area contributed by atoms with Crippen LogP contribution in [-0.2, 0) is 4.79 Å². The summed E-state index contributed by atoms with van der Waals surface area (Å²) in [5, 5.41) is 3.42. The van der Waals surface area contributed by atoms with Crippen molar-refractivity contribution in [2.45, 2.75) is 58.9 Å². The minimum Gasteiger partial charge on any atom is -0.342 e. The van der Waals surface area contributed by atoms with Crippen LogP contribution >= 0.6 is 12.4 Å². The lowest BCUT2D eigenvalue weighted by atomic mass is 9.85. The lowest BCUT2D eigenvalue weighted by Crippen LogP contribution is -2.44. The third-order valence-corrected chi connectivity index (χ3v) is 4.62. The average Bonchev–Trinajstić information content (AvgIpc) is 2.49. The van der Waals surface area contributed by atoms with E-state index in [0.29, 0.717) is 17.4 Å². The average molecular weight is 289 g/mol. The van der Waals surface area contributed by atoms with Gasteiger partial charge in [-0.1, -0.05) is 13.8 Å². The van der Waals surface area contributed by atoms with Gasteiger partial charge < -0.3 is 10.2 Å². The standard InChI is InChI=1S/C15H28N2O.ClH/c1-12-11-13(5-8-16-12)14(18)17-9-4-6-15(2,3)7-10-17;/h12-13,16H,4-11H2,1-3H3;1H/t12-,13-;/m0./s1. The van der Waals surface area contributed by atoms with E-state index < -0.39 is 0 Å². The fraction of sp³-hybridized carbons (Fsp3) is 0.933. The molecule has 0 bridgehead atoms. The third kappa shape index (κ3) is 4.64. The number of nitrogens with one attached hydrogen (secondary N) is 1. The molecule has 0 spiro atoms. The molecular weight excluding hydrogens is 260 g/mol. The van der Waals surface area contributed by atoms with Gasteiger partial charge in [-0.2, -0.15) is 0 Å². The molecule has 0 unspecified atom stereocenters. The first-order chi connectivity index (χ1) is 8.48. The van der Waals surface area contributed by atoms with E-state index >= 15 is 0 Å². The normalized spacial score (nSPS) is 31.2. The van der Waals surface area contributed by atoms with Crippen LogP contribution in [0.4, 0.5) is 0 Å². The van der Waals surface area contributed by atoms with Gasteiger partial charge in [0, 0.05) is 25.0 Å². The highest BCUT2D eigenvalue weighted by Crippen LogP contribution is 2.31. The number of halogens is 1. The van der Waals surface area contributed by atoms with Crippen LogP contribution in [-0.4, -0.2) is 36.5 Å². The lowest BCUT2D eigenvalue weighted by Gasteiger charge is -2.32. The second-order valence-electron chi connectivity index (χ2n) is 6.92. The molecule has 1 amide bonds. The first-order valence-corrected chi connectivity index (χ1v) is 7.50. The molecular formula is C15H29ClN2O. The van der Waals surface area contributed by atoms with E-state index in [2.05, 4.69) is 31.0 Å². The Balaban J connectivity index is 0.00000180. The van der Waals surface area contributed by atoms with Crippen LogP contribution in [0.2, 0.25) is 0 Å². The van der Waals surface area contributed by atoms with Gasteiger partial charge in [-0.3, -0.25) is 4.79 Å². The summed E-state index contributed by atoms with van der Waals surface area (Å²) < 4.78 is 0. The zero-order valence-electron chi connectivity index (χ0n) is 12.6. The Morgan fingerprint density at radius 3 is 2.68 bits per heavy atom. The van der Waals surface area contributed by atoms with E-state index in [-0.39, 0.29) is 18.3 Å². The first kappa shape index (κ1) is 16.8. The van der Waals surface area contributed by atoms with Crippen LogP contribution in [0.1, 0.15) is 52.9 Å². The van der Waals surface area contributed by atoms with Crippen molar-refractivity contribution in [2.24, 2.45) is 11.3 Å². The maximum absolute atomic E-state index is 12.6. The number of amides is 1. The molecule has 2 saturated heterocycles. The molecule has 3 nitrogen and oxygen atoms in total. The zero-order valence-corrected chi connectivity index (χ0v) is 13.4. The van der Waals surface area contributed by atoms with Crippen molar-refractivity contribution in [1.29, 1.82) is 0 Å². The molecule has 4 heteroatoms. The smallest absolute Gasteiger partial charge is 0.225 e. The molecule has 0 aromatic rings. The number of rotatable bonds is 1. The van der Waals surface area contributed by atoms with E-state index in [9.17, 15) is 4.79 Å². The number of hydrogen-bond acceptors (Lipinski definition) is 2. The number of hydrogen-bond donors (Lipinski definition) is 1. The van der Waals surface area contributed by atoms with E-state index in [4.69, 9.17) is 0 Å². The van der Waals surface area contributed by atoms with Crippen LogP contribution in [0.25, 0.3) is 0 Å². The molecule has 19 heavy (non-hydrogen) atoms. The Labute approximate surface area is 123 Å². The maximum Gasteiger partial charge on any atom is 0.225 e. The molecule has 0 saturated carbocycles. The van der Waals surface area contributed by atoms with Crippen LogP contribution in [0.5, 0.6) is 0 Å². The molecule has 2 rings (SSSR count). The van der Waals surface area contributed by atoms with Gasteiger partial charge in [-0.25, -0.2) is 0 Å². The van der Waals surface area contributed by atoms with E-state index in [1.54, 1.807) is 0 Å². The minimum atomic E-state index is 0. The van der Waals surface area contributed by atoms with Gasteiger partial charge in [-0.15, -0.1) is 12.4 Å². The Morgan fingerprint density at radius 2 is 2.00 bits per heavy atom. The molecule has 2 aliphatic heterocycles. The van der Waals surface area contributed by atoms with Crippen molar-refractivity contribution in [2.75, 3.05) is 19.6 Å². The summed E-state index contributed by atoms with van der Waals surface area (Å²) in [6.07, 6.45) is 5.60. The topological polar surface area (TPSA) is 32.3 Å². The molecule has 0 aromatic carbocycles. The fourth-order valence-electron chi connectivity index (χ4n) is 3.26. The van der Waals surface area contributed by atoms with E-state index in [1.807, 2.05) is 0 Å². The van der Waals surface area contributed by atoms with Crippen molar-refractivity contribution < 1.29 is 4.79 Å². The molecule has 2 heterocycles. The lowest BCUT2D eigenvalue weighted by molar-refractivity contribution is -0.136. The largest absolute Gasteiger partial charge is 0.342 e. The van der Waals surface area contributed by atoms with Crippen molar-refractivity contribution in [3.63, 3.8) is 0 Å². The van der Waals surface area contributed by atoms with Gasteiger partial charge in [0.2, 0.25) is 5.91 Å². The quantitative estimate of drug-likeness (QED) is 0.805. The SMILES string of the molecule is C[C@H]1C[C@@H](C(=O)N2CCCC(C)(C)CC2)CCN1.Cl. The maximum atomic E-state index is 12.6. The Hall–Kier alpha value is -0.280. The van der Waals surface area contributed by atoms with Gasteiger partial charge in [-0.05, 0) is 51.0 Å². The second kappa shape index (κ2) is 6.94. The number of piperidine rings is 1. The summed E-state index contributed by atoms with van der Waals surface area (Å²) in [7, 11) is 0. The highest BCUT2D eigenvalue weighted by Gasteiger charge is 2.31.